The Bertz CT molecular complexity index is 736. The van der Waals surface area contributed by atoms with E-state index in [1.165, 1.54) is 11.5 Å². The number of thiophene rings is 1. The van der Waals surface area contributed by atoms with Gasteiger partial charge in [-0.25, -0.2) is 0 Å². The molecule has 7 heteroatoms. The van der Waals surface area contributed by atoms with Crippen molar-refractivity contribution >= 4 is 33.9 Å². The van der Waals surface area contributed by atoms with E-state index in [1.807, 2.05) is 16.8 Å². The summed E-state index contributed by atoms with van der Waals surface area (Å²) in [5.41, 5.74) is 1.50. The van der Waals surface area contributed by atoms with Gasteiger partial charge in [-0.15, -0.1) is 0 Å². The van der Waals surface area contributed by atoms with E-state index >= 15 is 0 Å². The van der Waals surface area contributed by atoms with Crippen LogP contribution in [0.15, 0.2) is 41.1 Å². The highest BCUT2D eigenvalue weighted by Crippen LogP contribution is 2.23. The fraction of sp³-hybridized carbons (Fsp3) is 0.0714. The van der Waals surface area contributed by atoms with Crippen molar-refractivity contribution in [2.24, 2.45) is 0 Å². The Hall–Kier alpha value is -2.25. The SMILES string of the molecule is COc1ccc(C(=O)Nc2nc(-c3ccsc3)ns2)cc1. The Balaban J connectivity index is 1.72. The Labute approximate surface area is 129 Å². The third-order valence-corrected chi connectivity index (χ3v) is 4.09. The van der Waals surface area contributed by atoms with Crippen molar-refractivity contribution in [3.05, 3.63) is 46.7 Å². The number of hydrogen-bond donors (Lipinski definition) is 1. The molecule has 0 saturated carbocycles. The maximum atomic E-state index is 12.1. The molecule has 3 aromatic rings. The van der Waals surface area contributed by atoms with E-state index in [1.54, 1.807) is 42.7 Å². The first kappa shape index (κ1) is 13.7. The van der Waals surface area contributed by atoms with E-state index in [0.29, 0.717) is 22.3 Å². The number of methoxy groups -OCH3 is 1. The Morgan fingerprint density at radius 3 is 2.71 bits per heavy atom. The van der Waals surface area contributed by atoms with Crippen molar-refractivity contribution in [1.82, 2.24) is 9.36 Å². The summed E-state index contributed by atoms with van der Waals surface area (Å²) in [6.45, 7) is 0. The average molecular weight is 317 g/mol. The number of benzene rings is 1. The minimum absolute atomic E-state index is 0.217. The summed E-state index contributed by atoms with van der Waals surface area (Å²) in [5, 5.41) is 7.16. The number of amides is 1. The number of carbonyl (C=O) groups excluding carboxylic acids is 1. The summed E-state index contributed by atoms with van der Waals surface area (Å²) in [4.78, 5) is 16.4. The minimum Gasteiger partial charge on any atom is -0.497 e. The molecule has 0 unspecified atom stereocenters. The van der Waals surface area contributed by atoms with Gasteiger partial charge in [-0.05, 0) is 35.7 Å². The van der Waals surface area contributed by atoms with Crippen LogP contribution in [0.4, 0.5) is 5.13 Å². The molecule has 106 valence electrons. The fourth-order valence-corrected chi connectivity index (χ4v) is 2.91. The number of aromatic nitrogens is 2. The van der Waals surface area contributed by atoms with Crippen molar-refractivity contribution in [2.45, 2.75) is 0 Å². The molecular weight excluding hydrogens is 306 g/mol. The Morgan fingerprint density at radius 2 is 2.05 bits per heavy atom. The third-order valence-electron chi connectivity index (χ3n) is 2.78. The van der Waals surface area contributed by atoms with Crippen LogP contribution in [0.3, 0.4) is 0 Å². The normalized spacial score (nSPS) is 10.3. The molecule has 0 bridgehead atoms. The van der Waals surface area contributed by atoms with E-state index < -0.39 is 0 Å². The topological polar surface area (TPSA) is 64.1 Å². The second kappa shape index (κ2) is 6.02. The zero-order valence-corrected chi connectivity index (χ0v) is 12.7. The van der Waals surface area contributed by atoms with Crippen molar-refractivity contribution in [1.29, 1.82) is 0 Å². The van der Waals surface area contributed by atoms with Crippen LogP contribution in [0.25, 0.3) is 11.4 Å². The summed E-state index contributed by atoms with van der Waals surface area (Å²) < 4.78 is 9.30. The van der Waals surface area contributed by atoms with Crippen molar-refractivity contribution in [3.63, 3.8) is 0 Å². The first-order valence-corrected chi connectivity index (χ1v) is 7.79. The number of ether oxygens (including phenoxy) is 1. The van der Waals surface area contributed by atoms with Crippen LogP contribution >= 0.6 is 22.9 Å². The summed E-state index contributed by atoms with van der Waals surface area (Å²) in [7, 11) is 1.59. The van der Waals surface area contributed by atoms with Crippen LogP contribution in [-0.4, -0.2) is 22.4 Å². The lowest BCUT2D eigenvalue weighted by Gasteiger charge is -2.02. The number of rotatable bonds is 4. The van der Waals surface area contributed by atoms with Gasteiger partial charge in [-0.3, -0.25) is 10.1 Å². The van der Waals surface area contributed by atoms with E-state index in [9.17, 15) is 4.79 Å². The lowest BCUT2D eigenvalue weighted by molar-refractivity contribution is 0.102. The first-order valence-electron chi connectivity index (χ1n) is 6.08. The molecule has 0 saturated heterocycles. The molecule has 0 aliphatic heterocycles. The second-order valence-electron chi connectivity index (χ2n) is 4.12. The largest absolute Gasteiger partial charge is 0.497 e. The maximum absolute atomic E-state index is 12.1. The van der Waals surface area contributed by atoms with Gasteiger partial charge in [0.05, 0.1) is 7.11 Å². The quantitative estimate of drug-likeness (QED) is 0.799. The molecule has 1 aromatic carbocycles. The van der Waals surface area contributed by atoms with Gasteiger partial charge >= 0.3 is 0 Å². The molecule has 2 aromatic heterocycles. The van der Waals surface area contributed by atoms with E-state index in [2.05, 4.69) is 14.7 Å². The summed E-state index contributed by atoms with van der Waals surface area (Å²) >= 11 is 2.75. The number of carbonyl (C=O) groups is 1. The number of nitrogens with one attached hydrogen (secondary N) is 1. The molecule has 0 radical (unpaired) electrons. The standard InChI is InChI=1S/C14H11N3O2S2/c1-19-11-4-2-9(3-5-11)13(18)16-14-15-12(17-21-14)10-6-7-20-8-10/h2-8H,1H3,(H,15,16,17,18). The van der Waals surface area contributed by atoms with Crippen molar-refractivity contribution < 1.29 is 9.53 Å². The van der Waals surface area contributed by atoms with Crippen molar-refractivity contribution in [3.8, 4) is 17.1 Å². The zero-order chi connectivity index (χ0) is 14.7. The number of anilines is 1. The predicted octanol–water partition coefficient (Wildman–Crippen LogP) is 3.53. The first-order chi connectivity index (χ1) is 10.3. The Kier molecular flexibility index (Phi) is 3.94. The van der Waals surface area contributed by atoms with Gasteiger partial charge in [-0.1, -0.05) is 0 Å². The molecule has 0 aliphatic carbocycles. The zero-order valence-electron chi connectivity index (χ0n) is 11.1. The summed E-state index contributed by atoms with van der Waals surface area (Å²) in [6.07, 6.45) is 0. The highest BCUT2D eigenvalue weighted by molar-refractivity contribution is 7.10. The summed E-state index contributed by atoms with van der Waals surface area (Å²) in [6, 6.07) is 8.84. The van der Waals surface area contributed by atoms with Gasteiger partial charge in [-0.2, -0.15) is 20.7 Å². The molecule has 0 aliphatic rings. The average Bonchev–Trinajstić information content (AvgIpc) is 3.18. The van der Waals surface area contributed by atoms with Crippen LogP contribution < -0.4 is 10.1 Å². The molecule has 0 spiro atoms. The lowest BCUT2D eigenvalue weighted by atomic mass is 10.2. The van der Waals surface area contributed by atoms with E-state index in [-0.39, 0.29) is 5.91 Å². The van der Waals surface area contributed by atoms with Gasteiger partial charge in [0.15, 0.2) is 5.82 Å². The smallest absolute Gasteiger partial charge is 0.257 e. The highest BCUT2D eigenvalue weighted by atomic mass is 32.1. The van der Waals surface area contributed by atoms with Crippen molar-refractivity contribution in [2.75, 3.05) is 12.4 Å². The van der Waals surface area contributed by atoms with Crippen LogP contribution in [0.1, 0.15) is 10.4 Å². The minimum atomic E-state index is -0.217. The molecule has 0 atom stereocenters. The van der Waals surface area contributed by atoms with Crippen LogP contribution in [0, 0.1) is 0 Å². The maximum Gasteiger partial charge on any atom is 0.257 e. The highest BCUT2D eigenvalue weighted by Gasteiger charge is 2.11. The molecule has 0 fully saturated rings. The predicted molar refractivity (Wildman–Crippen MR) is 84.2 cm³/mol. The molecule has 1 amide bonds. The van der Waals surface area contributed by atoms with Gasteiger partial charge in [0.2, 0.25) is 5.13 Å². The summed E-state index contributed by atoms with van der Waals surface area (Å²) in [5.74, 6) is 1.12. The molecule has 1 N–H and O–H groups in total. The monoisotopic (exact) mass is 317 g/mol. The Morgan fingerprint density at radius 1 is 1.24 bits per heavy atom. The van der Waals surface area contributed by atoms with Gasteiger partial charge < -0.3 is 4.74 Å². The van der Waals surface area contributed by atoms with Gasteiger partial charge in [0.1, 0.15) is 5.75 Å². The van der Waals surface area contributed by atoms with Crippen LogP contribution in [0.2, 0.25) is 0 Å². The second-order valence-corrected chi connectivity index (χ2v) is 5.65. The molecule has 5 nitrogen and oxygen atoms in total. The molecule has 21 heavy (non-hydrogen) atoms. The molecule has 2 heterocycles. The van der Waals surface area contributed by atoms with Crippen LogP contribution in [-0.2, 0) is 0 Å². The molecular formula is C14H11N3O2S2. The van der Waals surface area contributed by atoms with E-state index in [4.69, 9.17) is 4.74 Å². The molecule has 3 rings (SSSR count). The number of hydrogen-bond acceptors (Lipinski definition) is 6. The van der Waals surface area contributed by atoms with Gasteiger partial charge in [0, 0.05) is 28.0 Å². The third kappa shape index (κ3) is 3.09. The fourth-order valence-electron chi connectivity index (χ4n) is 1.69. The van der Waals surface area contributed by atoms with Crippen LogP contribution in [0.5, 0.6) is 5.75 Å². The lowest BCUT2D eigenvalue weighted by Crippen LogP contribution is -2.11. The van der Waals surface area contributed by atoms with E-state index in [0.717, 1.165) is 5.56 Å². The van der Waals surface area contributed by atoms with Gasteiger partial charge in [0.25, 0.3) is 5.91 Å². The number of nitrogens with zero attached hydrogens (tertiary/aromatic N) is 2.